The van der Waals surface area contributed by atoms with Crippen LogP contribution in [-0.2, 0) is 11.2 Å². The zero-order valence-electron chi connectivity index (χ0n) is 14.7. The number of hydrogen-bond donors (Lipinski definition) is 1. The molecule has 24 heavy (non-hydrogen) atoms. The van der Waals surface area contributed by atoms with Crippen LogP contribution in [0.4, 0.5) is 5.13 Å². The van der Waals surface area contributed by atoms with Crippen LogP contribution in [-0.4, -0.2) is 64.7 Å². The molecule has 1 aliphatic heterocycles. The maximum atomic E-state index is 12.1. The first-order valence-electron chi connectivity index (χ1n) is 9.33. The molecule has 0 aromatic carbocycles. The molecule has 0 radical (unpaired) electrons. The summed E-state index contributed by atoms with van der Waals surface area (Å²) in [6, 6.07) is 0.814. The van der Waals surface area contributed by atoms with Gasteiger partial charge in [-0.05, 0) is 19.3 Å². The van der Waals surface area contributed by atoms with Gasteiger partial charge in [0.15, 0.2) is 0 Å². The number of amides is 1. The normalized spacial score (nSPS) is 21.0. The average Bonchev–Trinajstić information content (AvgIpc) is 3.09. The lowest BCUT2D eigenvalue weighted by molar-refractivity contribution is -0.116. The number of anilines is 1. The third-order valence-electron chi connectivity index (χ3n) is 5.17. The third-order valence-corrected chi connectivity index (χ3v) is 6.15. The van der Waals surface area contributed by atoms with Crippen molar-refractivity contribution in [2.45, 2.75) is 57.9 Å². The maximum absolute atomic E-state index is 12.1. The van der Waals surface area contributed by atoms with Crippen molar-refractivity contribution in [3.8, 4) is 0 Å². The van der Waals surface area contributed by atoms with Gasteiger partial charge in [0.1, 0.15) is 5.01 Å². The monoisotopic (exact) mass is 351 g/mol. The summed E-state index contributed by atoms with van der Waals surface area (Å²) >= 11 is 1.46. The Hall–Kier alpha value is -1.05. The summed E-state index contributed by atoms with van der Waals surface area (Å²) in [6.07, 6.45) is 8.37. The van der Waals surface area contributed by atoms with Gasteiger partial charge in [-0.25, -0.2) is 0 Å². The first-order valence-corrected chi connectivity index (χ1v) is 10.1. The molecular weight excluding hydrogens is 322 g/mol. The van der Waals surface area contributed by atoms with E-state index in [1.165, 1.54) is 43.4 Å². The number of piperazine rings is 1. The number of rotatable bonds is 6. The van der Waals surface area contributed by atoms with E-state index in [1.807, 2.05) is 6.92 Å². The SMILES string of the molecule is CCc1nnc(NC(=O)CCN2CCN(C3CCCCC3)CC2)s1. The molecule has 1 aliphatic carbocycles. The van der Waals surface area contributed by atoms with E-state index in [-0.39, 0.29) is 5.91 Å². The van der Waals surface area contributed by atoms with E-state index in [1.54, 1.807) is 0 Å². The van der Waals surface area contributed by atoms with Crippen molar-refractivity contribution in [3.05, 3.63) is 5.01 Å². The van der Waals surface area contributed by atoms with Crippen LogP contribution in [0.25, 0.3) is 0 Å². The van der Waals surface area contributed by atoms with Gasteiger partial charge in [0.25, 0.3) is 0 Å². The summed E-state index contributed by atoms with van der Waals surface area (Å²) in [5.74, 6) is 0.0449. The molecule has 0 atom stereocenters. The second-order valence-electron chi connectivity index (χ2n) is 6.82. The summed E-state index contributed by atoms with van der Waals surface area (Å²) < 4.78 is 0. The van der Waals surface area contributed by atoms with E-state index < -0.39 is 0 Å². The fourth-order valence-electron chi connectivity index (χ4n) is 3.69. The predicted octanol–water partition coefficient (Wildman–Crippen LogP) is 2.38. The van der Waals surface area contributed by atoms with Gasteiger partial charge >= 0.3 is 0 Å². The number of aryl methyl sites for hydroxylation is 1. The van der Waals surface area contributed by atoms with Crippen LogP contribution in [0.5, 0.6) is 0 Å². The molecule has 0 bridgehead atoms. The lowest BCUT2D eigenvalue weighted by Crippen LogP contribution is -2.51. The highest BCUT2D eigenvalue weighted by atomic mass is 32.1. The quantitative estimate of drug-likeness (QED) is 0.853. The van der Waals surface area contributed by atoms with Crippen molar-refractivity contribution < 1.29 is 4.79 Å². The largest absolute Gasteiger partial charge is 0.300 e. The van der Waals surface area contributed by atoms with Gasteiger partial charge in [-0.3, -0.25) is 9.69 Å². The highest BCUT2D eigenvalue weighted by Crippen LogP contribution is 2.23. The molecule has 134 valence electrons. The van der Waals surface area contributed by atoms with Gasteiger partial charge in [0.2, 0.25) is 11.0 Å². The maximum Gasteiger partial charge on any atom is 0.227 e. The molecule has 0 spiro atoms. The topological polar surface area (TPSA) is 61.4 Å². The summed E-state index contributed by atoms with van der Waals surface area (Å²) in [5.41, 5.74) is 0. The number of aromatic nitrogens is 2. The Morgan fingerprint density at radius 2 is 1.92 bits per heavy atom. The van der Waals surface area contributed by atoms with Gasteiger partial charge in [0.05, 0.1) is 0 Å². The lowest BCUT2D eigenvalue weighted by Gasteiger charge is -2.40. The Kier molecular flexibility index (Phi) is 6.57. The fraction of sp³-hybridized carbons (Fsp3) is 0.824. The molecule has 1 aromatic heterocycles. The van der Waals surface area contributed by atoms with Crippen molar-refractivity contribution in [2.24, 2.45) is 0 Å². The Morgan fingerprint density at radius 1 is 1.17 bits per heavy atom. The fourth-order valence-corrected chi connectivity index (χ4v) is 4.38. The van der Waals surface area contributed by atoms with E-state index in [0.29, 0.717) is 11.6 Å². The van der Waals surface area contributed by atoms with Gasteiger partial charge in [-0.1, -0.05) is 37.5 Å². The van der Waals surface area contributed by atoms with Crippen molar-refractivity contribution in [1.82, 2.24) is 20.0 Å². The molecule has 1 saturated carbocycles. The van der Waals surface area contributed by atoms with E-state index in [2.05, 4.69) is 25.3 Å². The van der Waals surface area contributed by atoms with Crippen molar-refractivity contribution in [1.29, 1.82) is 0 Å². The van der Waals surface area contributed by atoms with Crippen molar-refractivity contribution in [3.63, 3.8) is 0 Å². The van der Waals surface area contributed by atoms with Crippen LogP contribution in [0.2, 0.25) is 0 Å². The molecule has 1 aromatic rings. The van der Waals surface area contributed by atoms with E-state index in [0.717, 1.165) is 50.2 Å². The number of nitrogens with zero attached hydrogens (tertiary/aromatic N) is 4. The van der Waals surface area contributed by atoms with Crippen molar-refractivity contribution in [2.75, 3.05) is 38.0 Å². The zero-order valence-corrected chi connectivity index (χ0v) is 15.5. The molecule has 1 amide bonds. The number of carbonyl (C=O) groups excluding carboxylic acids is 1. The first kappa shape index (κ1) is 17.8. The predicted molar refractivity (Wildman–Crippen MR) is 97.4 cm³/mol. The van der Waals surface area contributed by atoms with Crippen LogP contribution in [0, 0.1) is 0 Å². The smallest absolute Gasteiger partial charge is 0.227 e. The molecule has 6 nitrogen and oxygen atoms in total. The molecule has 2 heterocycles. The highest BCUT2D eigenvalue weighted by molar-refractivity contribution is 7.15. The molecule has 2 aliphatic rings. The molecule has 2 fully saturated rings. The van der Waals surface area contributed by atoms with Crippen LogP contribution < -0.4 is 5.32 Å². The first-order chi connectivity index (χ1) is 11.7. The van der Waals surface area contributed by atoms with Gasteiger partial charge in [-0.15, -0.1) is 10.2 Å². The minimum absolute atomic E-state index is 0.0449. The number of carbonyl (C=O) groups is 1. The van der Waals surface area contributed by atoms with Crippen LogP contribution in [0.15, 0.2) is 0 Å². The van der Waals surface area contributed by atoms with Crippen LogP contribution in [0.1, 0.15) is 50.5 Å². The average molecular weight is 352 g/mol. The van der Waals surface area contributed by atoms with Crippen LogP contribution >= 0.6 is 11.3 Å². The standard InChI is InChI=1S/C17H29N5OS/c1-2-16-19-20-17(24-16)18-15(23)8-9-21-10-12-22(13-11-21)14-6-4-3-5-7-14/h14H,2-13H2,1H3,(H,18,20,23). The molecule has 1 saturated heterocycles. The van der Waals surface area contributed by atoms with Crippen LogP contribution in [0.3, 0.4) is 0 Å². The van der Waals surface area contributed by atoms with Crippen molar-refractivity contribution >= 4 is 22.4 Å². The minimum Gasteiger partial charge on any atom is -0.300 e. The second kappa shape index (κ2) is 8.87. The highest BCUT2D eigenvalue weighted by Gasteiger charge is 2.25. The van der Waals surface area contributed by atoms with E-state index in [4.69, 9.17) is 0 Å². The summed E-state index contributed by atoms with van der Waals surface area (Å²) in [4.78, 5) is 17.1. The number of nitrogens with one attached hydrogen (secondary N) is 1. The second-order valence-corrected chi connectivity index (χ2v) is 7.88. The molecular formula is C17H29N5OS. The Labute approximate surface area is 148 Å². The summed E-state index contributed by atoms with van der Waals surface area (Å²) in [7, 11) is 0. The van der Waals surface area contributed by atoms with E-state index >= 15 is 0 Å². The van der Waals surface area contributed by atoms with Gasteiger partial charge in [0, 0.05) is 45.2 Å². The summed E-state index contributed by atoms with van der Waals surface area (Å²) in [5, 5.41) is 12.5. The Balaban J connectivity index is 1.34. The lowest BCUT2D eigenvalue weighted by atomic mass is 9.94. The van der Waals surface area contributed by atoms with E-state index in [9.17, 15) is 4.79 Å². The third kappa shape index (κ3) is 4.97. The Morgan fingerprint density at radius 3 is 2.58 bits per heavy atom. The molecule has 7 heteroatoms. The number of hydrogen-bond acceptors (Lipinski definition) is 6. The zero-order chi connectivity index (χ0) is 16.8. The molecule has 1 N–H and O–H groups in total. The summed E-state index contributed by atoms with van der Waals surface area (Å²) in [6.45, 7) is 7.36. The molecule has 3 rings (SSSR count). The Bertz CT molecular complexity index is 521. The van der Waals surface area contributed by atoms with Gasteiger partial charge in [-0.2, -0.15) is 0 Å². The molecule has 0 unspecified atom stereocenters. The minimum atomic E-state index is 0.0449. The van der Waals surface area contributed by atoms with Gasteiger partial charge < -0.3 is 10.2 Å².